The number of hydrogen-bond acceptors (Lipinski definition) is 5. The summed E-state index contributed by atoms with van der Waals surface area (Å²) < 4.78 is 10.9. The number of hydrogen-bond donors (Lipinski definition) is 1. The lowest BCUT2D eigenvalue weighted by molar-refractivity contribution is -0.123. The quantitative estimate of drug-likeness (QED) is 0.685. The van der Waals surface area contributed by atoms with Crippen molar-refractivity contribution >= 4 is 6.29 Å². The molecule has 0 spiro atoms. The number of aliphatic hydroxyl groups is 1. The zero-order valence-corrected chi connectivity index (χ0v) is 10.3. The van der Waals surface area contributed by atoms with E-state index in [4.69, 9.17) is 14.6 Å². The van der Waals surface area contributed by atoms with Gasteiger partial charge in [0.15, 0.2) is 0 Å². The van der Waals surface area contributed by atoms with E-state index >= 15 is 0 Å². The van der Waals surface area contributed by atoms with Crippen molar-refractivity contribution in [1.29, 1.82) is 0 Å². The van der Waals surface area contributed by atoms with Crippen molar-refractivity contribution in [1.82, 2.24) is 4.90 Å². The smallest absolute Gasteiger partial charge is 0.129 e. The first kappa shape index (κ1) is 13.0. The molecule has 98 valence electrons. The molecule has 0 amide bonds. The minimum atomic E-state index is -0.350. The number of nitrogens with zero attached hydrogens (tertiary/aromatic N) is 1. The Kier molecular flexibility index (Phi) is 4.14. The summed E-state index contributed by atoms with van der Waals surface area (Å²) in [6, 6.07) is 0. The molecule has 2 saturated heterocycles. The van der Waals surface area contributed by atoms with Gasteiger partial charge in [0.1, 0.15) is 6.29 Å². The van der Waals surface area contributed by atoms with Crippen molar-refractivity contribution in [2.45, 2.75) is 25.6 Å². The lowest BCUT2D eigenvalue weighted by Gasteiger charge is -2.39. The Morgan fingerprint density at radius 1 is 1.53 bits per heavy atom. The summed E-state index contributed by atoms with van der Waals surface area (Å²) in [5.41, 5.74) is -0.350. The van der Waals surface area contributed by atoms with E-state index in [1.165, 1.54) is 0 Å². The molecule has 0 aromatic carbocycles. The third-order valence-corrected chi connectivity index (χ3v) is 3.53. The van der Waals surface area contributed by atoms with Crippen molar-refractivity contribution in [3.63, 3.8) is 0 Å². The van der Waals surface area contributed by atoms with Crippen molar-refractivity contribution in [2.75, 3.05) is 39.5 Å². The largest absolute Gasteiger partial charge is 0.394 e. The number of carbonyl (C=O) groups excluding carboxylic acids is 1. The number of morpholine rings is 1. The Labute approximate surface area is 102 Å². The van der Waals surface area contributed by atoms with Crippen molar-refractivity contribution in [3.8, 4) is 0 Å². The third kappa shape index (κ3) is 3.04. The highest BCUT2D eigenvalue weighted by Crippen LogP contribution is 2.28. The summed E-state index contributed by atoms with van der Waals surface area (Å²) in [6.45, 7) is 5.43. The van der Waals surface area contributed by atoms with Crippen LogP contribution in [0.4, 0.5) is 0 Å². The second-order valence-corrected chi connectivity index (χ2v) is 5.23. The molecule has 0 radical (unpaired) electrons. The Balaban J connectivity index is 1.95. The summed E-state index contributed by atoms with van der Waals surface area (Å²) in [5.74, 6) is 0. The molecule has 2 rings (SSSR count). The van der Waals surface area contributed by atoms with Gasteiger partial charge >= 0.3 is 0 Å². The molecular formula is C12H21NO4. The van der Waals surface area contributed by atoms with Crippen LogP contribution in [0, 0.1) is 5.41 Å². The van der Waals surface area contributed by atoms with Crippen LogP contribution >= 0.6 is 0 Å². The van der Waals surface area contributed by atoms with Crippen LogP contribution in [0.1, 0.15) is 13.3 Å². The van der Waals surface area contributed by atoms with Crippen molar-refractivity contribution in [2.24, 2.45) is 5.41 Å². The van der Waals surface area contributed by atoms with Gasteiger partial charge in [-0.2, -0.15) is 0 Å². The molecule has 0 aromatic rings. The predicted octanol–water partition coefficient (Wildman–Crippen LogP) is -0.326. The average molecular weight is 243 g/mol. The van der Waals surface area contributed by atoms with Crippen LogP contribution in [0.3, 0.4) is 0 Å². The molecular weight excluding hydrogens is 222 g/mol. The monoisotopic (exact) mass is 243 g/mol. The van der Waals surface area contributed by atoms with Gasteiger partial charge in [-0.15, -0.1) is 0 Å². The predicted molar refractivity (Wildman–Crippen MR) is 61.8 cm³/mol. The van der Waals surface area contributed by atoms with Gasteiger partial charge in [-0.1, -0.05) is 0 Å². The molecule has 0 bridgehead atoms. The molecule has 0 saturated carbocycles. The van der Waals surface area contributed by atoms with E-state index < -0.39 is 0 Å². The summed E-state index contributed by atoms with van der Waals surface area (Å²) in [6.07, 6.45) is 1.80. The Hall–Kier alpha value is -0.490. The van der Waals surface area contributed by atoms with Gasteiger partial charge in [0.2, 0.25) is 0 Å². The standard InChI is InChI=1S/C12H21NO4/c1-10-4-13(5-11(6-14)17-10)7-12(8-15)2-3-16-9-12/h8,10-11,14H,2-7,9H2,1H3. The Bertz CT molecular complexity index is 265. The van der Waals surface area contributed by atoms with Crippen LogP contribution in [0.5, 0.6) is 0 Å². The van der Waals surface area contributed by atoms with Crippen LogP contribution in [0.25, 0.3) is 0 Å². The van der Waals surface area contributed by atoms with E-state index in [0.29, 0.717) is 26.3 Å². The Morgan fingerprint density at radius 2 is 2.35 bits per heavy atom. The van der Waals surface area contributed by atoms with Crippen molar-refractivity contribution < 1.29 is 19.4 Å². The normalized spacial score (nSPS) is 39.4. The van der Waals surface area contributed by atoms with Gasteiger partial charge < -0.3 is 19.4 Å². The molecule has 2 aliphatic rings. The van der Waals surface area contributed by atoms with Crippen LogP contribution in [-0.2, 0) is 14.3 Å². The SMILES string of the molecule is CC1CN(CC2(C=O)CCOC2)CC(CO)O1. The minimum absolute atomic E-state index is 0.0332. The Morgan fingerprint density at radius 3 is 2.94 bits per heavy atom. The molecule has 2 fully saturated rings. The molecule has 3 unspecified atom stereocenters. The fraction of sp³-hybridized carbons (Fsp3) is 0.917. The average Bonchev–Trinajstić information content (AvgIpc) is 2.77. The highest BCUT2D eigenvalue weighted by molar-refractivity contribution is 5.60. The highest BCUT2D eigenvalue weighted by Gasteiger charge is 2.38. The van der Waals surface area contributed by atoms with E-state index in [1.54, 1.807) is 0 Å². The molecule has 17 heavy (non-hydrogen) atoms. The zero-order valence-electron chi connectivity index (χ0n) is 10.3. The van der Waals surface area contributed by atoms with E-state index in [0.717, 1.165) is 19.3 Å². The van der Waals surface area contributed by atoms with E-state index in [2.05, 4.69) is 4.90 Å². The number of aldehydes is 1. The van der Waals surface area contributed by atoms with Gasteiger partial charge in [0.25, 0.3) is 0 Å². The molecule has 0 aromatic heterocycles. The number of aliphatic hydroxyl groups excluding tert-OH is 1. The summed E-state index contributed by atoms with van der Waals surface area (Å²) >= 11 is 0. The third-order valence-electron chi connectivity index (χ3n) is 3.53. The van der Waals surface area contributed by atoms with E-state index in [1.807, 2.05) is 6.92 Å². The van der Waals surface area contributed by atoms with Gasteiger partial charge in [-0.05, 0) is 13.3 Å². The molecule has 1 N–H and O–H groups in total. The maximum absolute atomic E-state index is 11.2. The number of carbonyl (C=O) groups is 1. The van der Waals surface area contributed by atoms with Gasteiger partial charge in [0.05, 0.1) is 30.8 Å². The topological polar surface area (TPSA) is 59.0 Å². The number of rotatable bonds is 4. The molecule has 2 heterocycles. The fourth-order valence-corrected chi connectivity index (χ4v) is 2.69. The van der Waals surface area contributed by atoms with Crippen molar-refractivity contribution in [3.05, 3.63) is 0 Å². The maximum atomic E-state index is 11.2. The highest BCUT2D eigenvalue weighted by atomic mass is 16.5. The molecule has 5 heteroatoms. The number of ether oxygens (including phenoxy) is 2. The summed E-state index contributed by atoms with van der Waals surface area (Å²) in [4.78, 5) is 13.5. The molecule has 5 nitrogen and oxygen atoms in total. The molecule has 2 aliphatic heterocycles. The second kappa shape index (κ2) is 5.44. The first-order valence-electron chi connectivity index (χ1n) is 6.20. The van der Waals surface area contributed by atoms with Crippen LogP contribution in [-0.4, -0.2) is 68.0 Å². The van der Waals surface area contributed by atoms with Crippen LogP contribution < -0.4 is 0 Å². The lowest BCUT2D eigenvalue weighted by atomic mass is 9.88. The van der Waals surface area contributed by atoms with Gasteiger partial charge in [-0.25, -0.2) is 0 Å². The fourth-order valence-electron chi connectivity index (χ4n) is 2.69. The summed E-state index contributed by atoms with van der Waals surface area (Å²) in [7, 11) is 0. The lowest BCUT2D eigenvalue weighted by Crippen LogP contribution is -2.51. The first-order chi connectivity index (χ1) is 8.17. The maximum Gasteiger partial charge on any atom is 0.129 e. The van der Waals surface area contributed by atoms with E-state index in [9.17, 15) is 4.79 Å². The summed E-state index contributed by atoms with van der Waals surface area (Å²) in [5, 5.41) is 9.16. The van der Waals surface area contributed by atoms with Gasteiger partial charge in [-0.3, -0.25) is 4.90 Å². The zero-order chi connectivity index (χ0) is 12.3. The van der Waals surface area contributed by atoms with Crippen LogP contribution in [0.15, 0.2) is 0 Å². The van der Waals surface area contributed by atoms with E-state index in [-0.39, 0.29) is 24.2 Å². The molecule has 0 aliphatic carbocycles. The second-order valence-electron chi connectivity index (χ2n) is 5.23. The minimum Gasteiger partial charge on any atom is -0.394 e. The molecule has 3 atom stereocenters. The van der Waals surface area contributed by atoms with Gasteiger partial charge in [0, 0.05) is 26.2 Å². The van der Waals surface area contributed by atoms with Crippen LogP contribution in [0.2, 0.25) is 0 Å². The first-order valence-corrected chi connectivity index (χ1v) is 6.20.